The molecule has 0 spiro atoms. The third-order valence-corrected chi connectivity index (χ3v) is 2.42. The highest BCUT2D eigenvalue weighted by Gasteiger charge is 2.21. The van der Waals surface area contributed by atoms with Gasteiger partial charge < -0.3 is 10.6 Å². The molecule has 1 atom stereocenters. The van der Waals surface area contributed by atoms with E-state index in [9.17, 15) is 4.79 Å². The topological polar surface area (TPSA) is 41.1 Å². The van der Waals surface area contributed by atoms with Crippen molar-refractivity contribution in [2.75, 3.05) is 11.9 Å². The van der Waals surface area contributed by atoms with Gasteiger partial charge in [0.1, 0.15) is 0 Å². The summed E-state index contributed by atoms with van der Waals surface area (Å²) in [6.07, 6.45) is 2.03. The lowest BCUT2D eigenvalue weighted by molar-refractivity contribution is -0.117. The van der Waals surface area contributed by atoms with Crippen LogP contribution >= 0.6 is 0 Å². The predicted octanol–water partition coefficient (Wildman–Crippen LogP) is 1.38. The van der Waals surface area contributed by atoms with Crippen LogP contribution in [0.4, 0.5) is 5.69 Å². The van der Waals surface area contributed by atoms with E-state index >= 15 is 0 Å². The van der Waals surface area contributed by atoms with E-state index < -0.39 is 0 Å². The van der Waals surface area contributed by atoms with Crippen molar-refractivity contribution in [3.63, 3.8) is 0 Å². The predicted molar refractivity (Wildman–Crippen MR) is 56.1 cm³/mol. The fourth-order valence-corrected chi connectivity index (χ4v) is 1.66. The van der Waals surface area contributed by atoms with Crippen molar-refractivity contribution in [2.24, 2.45) is 0 Å². The van der Waals surface area contributed by atoms with Crippen LogP contribution in [0.1, 0.15) is 12.8 Å². The fraction of sp³-hybridized carbons (Fsp3) is 0.364. The van der Waals surface area contributed by atoms with Crippen molar-refractivity contribution in [3.05, 3.63) is 30.3 Å². The van der Waals surface area contributed by atoms with Crippen molar-refractivity contribution < 1.29 is 4.79 Å². The molecule has 1 saturated heterocycles. The number of carbonyl (C=O) groups is 1. The number of benzene rings is 1. The van der Waals surface area contributed by atoms with E-state index in [2.05, 4.69) is 10.6 Å². The molecule has 1 aliphatic rings. The molecule has 0 aromatic heterocycles. The molecule has 0 bridgehead atoms. The summed E-state index contributed by atoms with van der Waals surface area (Å²) >= 11 is 0. The molecule has 14 heavy (non-hydrogen) atoms. The number of hydrogen-bond acceptors (Lipinski definition) is 2. The Hall–Kier alpha value is -1.35. The Bertz CT molecular complexity index is 304. The summed E-state index contributed by atoms with van der Waals surface area (Å²) in [6.45, 7) is 0.951. The fourth-order valence-electron chi connectivity index (χ4n) is 1.66. The standard InChI is InChI=1S/C11H14N2O/c14-11(10-7-4-8-12-10)13-9-5-2-1-3-6-9/h1-3,5-6,10,12H,4,7-8H2,(H,13,14)/t10-/m1/s1. The minimum Gasteiger partial charge on any atom is -0.325 e. The van der Waals surface area contributed by atoms with E-state index in [1.807, 2.05) is 30.3 Å². The summed E-state index contributed by atoms with van der Waals surface area (Å²) < 4.78 is 0. The first-order chi connectivity index (χ1) is 6.86. The van der Waals surface area contributed by atoms with Gasteiger partial charge in [0, 0.05) is 5.69 Å². The van der Waals surface area contributed by atoms with Crippen molar-refractivity contribution >= 4 is 11.6 Å². The van der Waals surface area contributed by atoms with E-state index in [1.54, 1.807) is 0 Å². The molecule has 3 heteroatoms. The first kappa shape index (κ1) is 9.21. The zero-order valence-electron chi connectivity index (χ0n) is 7.99. The molecule has 1 aromatic carbocycles. The van der Waals surface area contributed by atoms with Crippen LogP contribution in [0.5, 0.6) is 0 Å². The van der Waals surface area contributed by atoms with Gasteiger partial charge in [-0.25, -0.2) is 0 Å². The highest BCUT2D eigenvalue weighted by Crippen LogP contribution is 2.10. The molecule has 74 valence electrons. The second kappa shape index (κ2) is 4.24. The van der Waals surface area contributed by atoms with Gasteiger partial charge in [0.15, 0.2) is 0 Å². The van der Waals surface area contributed by atoms with Gasteiger partial charge in [-0.05, 0) is 31.5 Å². The third-order valence-electron chi connectivity index (χ3n) is 2.42. The van der Waals surface area contributed by atoms with E-state index in [1.165, 1.54) is 0 Å². The van der Waals surface area contributed by atoms with Crippen LogP contribution in [0.15, 0.2) is 30.3 Å². The van der Waals surface area contributed by atoms with Gasteiger partial charge >= 0.3 is 0 Å². The quantitative estimate of drug-likeness (QED) is 0.739. The van der Waals surface area contributed by atoms with Gasteiger partial charge in [-0.2, -0.15) is 0 Å². The minimum absolute atomic E-state index is 0.00444. The van der Waals surface area contributed by atoms with Crippen LogP contribution in [-0.4, -0.2) is 18.5 Å². The van der Waals surface area contributed by atoms with Gasteiger partial charge in [0.2, 0.25) is 5.91 Å². The Morgan fingerprint density at radius 1 is 1.36 bits per heavy atom. The molecule has 2 N–H and O–H groups in total. The maximum atomic E-state index is 11.6. The number of rotatable bonds is 2. The normalized spacial score (nSPS) is 20.7. The lowest BCUT2D eigenvalue weighted by Crippen LogP contribution is -2.35. The van der Waals surface area contributed by atoms with E-state index in [4.69, 9.17) is 0 Å². The zero-order valence-corrected chi connectivity index (χ0v) is 7.99. The number of carbonyl (C=O) groups excluding carboxylic acids is 1. The van der Waals surface area contributed by atoms with Crippen LogP contribution in [-0.2, 0) is 4.79 Å². The van der Waals surface area contributed by atoms with Crippen LogP contribution in [0.3, 0.4) is 0 Å². The maximum Gasteiger partial charge on any atom is 0.241 e. The zero-order chi connectivity index (χ0) is 9.80. The molecular formula is C11H14N2O. The monoisotopic (exact) mass is 190 g/mol. The molecular weight excluding hydrogens is 176 g/mol. The highest BCUT2D eigenvalue weighted by atomic mass is 16.2. The number of anilines is 1. The lowest BCUT2D eigenvalue weighted by atomic mass is 10.2. The van der Waals surface area contributed by atoms with E-state index in [-0.39, 0.29) is 11.9 Å². The first-order valence-corrected chi connectivity index (χ1v) is 4.95. The summed E-state index contributed by atoms with van der Waals surface area (Å²) in [7, 11) is 0. The second-order valence-corrected chi connectivity index (χ2v) is 3.50. The molecule has 2 rings (SSSR count). The summed E-state index contributed by atoms with van der Waals surface area (Å²) in [5, 5.41) is 6.05. The molecule has 0 unspecified atom stereocenters. The molecule has 0 radical (unpaired) electrons. The molecule has 1 aromatic rings. The van der Waals surface area contributed by atoms with Crippen LogP contribution in [0, 0.1) is 0 Å². The van der Waals surface area contributed by atoms with Crippen molar-refractivity contribution in [1.29, 1.82) is 0 Å². The number of amides is 1. The summed E-state index contributed by atoms with van der Waals surface area (Å²) in [5.41, 5.74) is 0.867. The average Bonchev–Trinajstić information content (AvgIpc) is 2.72. The number of nitrogens with one attached hydrogen (secondary N) is 2. The minimum atomic E-state index is -0.00444. The SMILES string of the molecule is O=C(Nc1ccccc1)[C@H]1CCCN1. The molecule has 1 fully saturated rings. The number of para-hydroxylation sites is 1. The number of hydrogen-bond donors (Lipinski definition) is 2. The molecule has 1 heterocycles. The Balaban J connectivity index is 1.94. The maximum absolute atomic E-state index is 11.6. The summed E-state index contributed by atoms with van der Waals surface area (Å²) in [6, 6.07) is 9.55. The molecule has 1 amide bonds. The first-order valence-electron chi connectivity index (χ1n) is 4.95. The Labute approximate surface area is 83.5 Å². The van der Waals surface area contributed by atoms with Crippen molar-refractivity contribution in [2.45, 2.75) is 18.9 Å². The van der Waals surface area contributed by atoms with Crippen molar-refractivity contribution in [1.82, 2.24) is 5.32 Å². The smallest absolute Gasteiger partial charge is 0.241 e. The molecule has 0 saturated carbocycles. The van der Waals surface area contributed by atoms with Crippen LogP contribution in [0.25, 0.3) is 0 Å². The Morgan fingerprint density at radius 2 is 2.14 bits per heavy atom. The molecule has 1 aliphatic heterocycles. The molecule has 3 nitrogen and oxygen atoms in total. The van der Waals surface area contributed by atoms with Gasteiger partial charge in [0.25, 0.3) is 0 Å². The summed E-state index contributed by atoms with van der Waals surface area (Å²) in [5.74, 6) is 0.0775. The highest BCUT2D eigenvalue weighted by molar-refractivity contribution is 5.94. The van der Waals surface area contributed by atoms with E-state index in [0.717, 1.165) is 25.1 Å². The van der Waals surface area contributed by atoms with Crippen molar-refractivity contribution in [3.8, 4) is 0 Å². The second-order valence-electron chi connectivity index (χ2n) is 3.50. The van der Waals surface area contributed by atoms with Gasteiger partial charge in [-0.15, -0.1) is 0 Å². The van der Waals surface area contributed by atoms with Gasteiger partial charge in [0.05, 0.1) is 6.04 Å². The van der Waals surface area contributed by atoms with Crippen LogP contribution < -0.4 is 10.6 Å². The van der Waals surface area contributed by atoms with Gasteiger partial charge in [-0.3, -0.25) is 4.79 Å². The lowest BCUT2D eigenvalue weighted by Gasteiger charge is -2.10. The molecule has 0 aliphatic carbocycles. The largest absolute Gasteiger partial charge is 0.325 e. The van der Waals surface area contributed by atoms with Crippen LogP contribution in [0.2, 0.25) is 0 Å². The average molecular weight is 190 g/mol. The van der Waals surface area contributed by atoms with Gasteiger partial charge in [-0.1, -0.05) is 18.2 Å². The van der Waals surface area contributed by atoms with E-state index in [0.29, 0.717) is 0 Å². The Morgan fingerprint density at radius 3 is 2.79 bits per heavy atom. The third kappa shape index (κ3) is 2.12. The Kier molecular flexibility index (Phi) is 2.79. The summed E-state index contributed by atoms with van der Waals surface area (Å²) in [4.78, 5) is 11.6.